The third-order valence-corrected chi connectivity index (χ3v) is 4.27. The molecule has 0 radical (unpaired) electrons. The van der Waals surface area contributed by atoms with E-state index in [2.05, 4.69) is 5.32 Å². The molecule has 0 aromatic rings. The predicted molar refractivity (Wildman–Crippen MR) is 69.8 cm³/mol. The molecule has 0 aliphatic heterocycles. The lowest BCUT2D eigenvalue weighted by Crippen LogP contribution is -2.37. The topological polar surface area (TPSA) is 32.3 Å². The van der Waals surface area contributed by atoms with Gasteiger partial charge in [-0.15, -0.1) is 0 Å². The Morgan fingerprint density at radius 2 is 1.94 bits per heavy atom. The van der Waals surface area contributed by atoms with E-state index in [1.165, 1.54) is 38.5 Å². The molecular weight excluding hydrogens is 212 g/mol. The first-order valence-electron chi connectivity index (χ1n) is 7.10. The average molecular weight is 238 g/mol. The molecule has 2 rings (SSSR count). The highest BCUT2D eigenvalue weighted by Gasteiger charge is 2.34. The van der Waals surface area contributed by atoms with E-state index in [0.29, 0.717) is 12.5 Å². The summed E-state index contributed by atoms with van der Waals surface area (Å²) in [7, 11) is 3.65. The van der Waals surface area contributed by atoms with E-state index >= 15 is 0 Å². The summed E-state index contributed by atoms with van der Waals surface area (Å²) >= 11 is 0. The molecule has 1 N–H and O–H groups in total. The van der Waals surface area contributed by atoms with Crippen LogP contribution in [-0.4, -0.2) is 37.5 Å². The smallest absolute Gasteiger partial charge is 0.223 e. The Hall–Kier alpha value is -0.570. The minimum Gasteiger partial charge on any atom is -0.349 e. The van der Waals surface area contributed by atoms with E-state index in [-0.39, 0.29) is 5.91 Å². The molecule has 3 nitrogen and oxygen atoms in total. The Balaban J connectivity index is 1.63. The van der Waals surface area contributed by atoms with E-state index in [1.807, 2.05) is 14.1 Å². The largest absolute Gasteiger partial charge is 0.349 e. The van der Waals surface area contributed by atoms with Crippen molar-refractivity contribution in [2.75, 3.05) is 20.6 Å². The van der Waals surface area contributed by atoms with Crippen LogP contribution in [0.1, 0.15) is 44.9 Å². The van der Waals surface area contributed by atoms with Crippen molar-refractivity contribution in [2.24, 2.45) is 11.8 Å². The number of carbonyl (C=O) groups excluding carboxylic acids is 1. The van der Waals surface area contributed by atoms with E-state index in [0.717, 1.165) is 18.4 Å². The highest BCUT2D eigenvalue weighted by Crippen LogP contribution is 2.43. The van der Waals surface area contributed by atoms with Crippen LogP contribution in [0.15, 0.2) is 0 Å². The molecule has 3 heteroatoms. The lowest BCUT2D eigenvalue weighted by Gasteiger charge is -2.30. The predicted octanol–water partition coefficient (Wildman–Crippen LogP) is 2.02. The van der Waals surface area contributed by atoms with Crippen LogP contribution in [0.3, 0.4) is 0 Å². The van der Waals surface area contributed by atoms with Crippen LogP contribution in [0.2, 0.25) is 0 Å². The molecule has 0 bridgehead atoms. The summed E-state index contributed by atoms with van der Waals surface area (Å²) in [6, 6.07) is 0.671. The summed E-state index contributed by atoms with van der Waals surface area (Å²) in [5.74, 6) is 2.25. The van der Waals surface area contributed by atoms with Crippen LogP contribution < -0.4 is 5.32 Å². The van der Waals surface area contributed by atoms with Gasteiger partial charge in [-0.25, -0.2) is 0 Å². The number of hydrogen-bond donors (Lipinski definition) is 1. The average Bonchev–Trinajstić information content (AvgIpc) is 3.13. The molecule has 98 valence electrons. The Bertz CT molecular complexity index is 261. The second kappa shape index (κ2) is 5.85. The standard InChI is InChI=1S/C14H26N2O/c1-16(2)14(17)8-9-15-13-5-3-4-12(10-13)11-6-7-11/h11-13,15H,3-10H2,1-2H3. The van der Waals surface area contributed by atoms with Gasteiger partial charge in [0.05, 0.1) is 0 Å². The Morgan fingerprint density at radius 3 is 2.59 bits per heavy atom. The van der Waals surface area contributed by atoms with Gasteiger partial charge in [-0.05, 0) is 37.5 Å². The SMILES string of the molecule is CN(C)C(=O)CCNC1CCCC(C2CC2)C1. The number of hydrogen-bond acceptors (Lipinski definition) is 2. The summed E-state index contributed by atoms with van der Waals surface area (Å²) in [5.41, 5.74) is 0. The van der Waals surface area contributed by atoms with Gasteiger partial charge in [0.15, 0.2) is 0 Å². The number of nitrogens with zero attached hydrogens (tertiary/aromatic N) is 1. The van der Waals surface area contributed by atoms with E-state index in [1.54, 1.807) is 4.90 Å². The van der Waals surface area contributed by atoms with Crippen molar-refractivity contribution in [1.29, 1.82) is 0 Å². The fourth-order valence-corrected chi connectivity index (χ4v) is 3.02. The molecule has 1 amide bonds. The molecule has 0 aromatic heterocycles. The maximum absolute atomic E-state index is 11.5. The van der Waals surface area contributed by atoms with Gasteiger partial charge in [0.1, 0.15) is 0 Å². The van der Waals surface area contributed by atoms with Gasteiger partial charge in [0, 0.05) is 33.1 Å². The first-order valence-corrected chi connectivity index (χ1v) is 7.10. The molecule has 2 fully saturated rings. The second-order valence-electron chi connectivity index (χ2n) is 5.95. The molecule has 17 heavy (non-hydrogen) atoms. The van der Waals surface area contributed by atoms with E-state index < -0.39 is 0 Å². The van der Waals surface area contributed by atoms with Crippen molar-refractivity contribution in [2.45, 2.75) is 51.0 Å². The molecule has 0 spiro atoms. The van der Waals surface area contributed by atoms with Gasteiger partial charge < -0.3 is 10.2 Å². The monoisotopic (exact) mass is 238 g/mol. The zero-order chi connectivity index (χ0) is 12.3. The number of carbonyl (C=O) groups is 1. The summed E-state index contributed by atoms with van der Waals surface area (Å²) in [4.78, 5) is 13.1. The summed E-state index contributed by atoms with van der Waals surface area (Å²) in [6.07, 6.45) is 9.05. The van der Waals surface area contributed by atoms with Crippen molar-refractivity contribution < 1.29 is 4.79 Å². The molecule has 2 atom stereocenters. The molecule has 2 aliphatic carbocycles. The highest BCUT2D eigenvalue weighted by atomic mass is 16.2. The maximum Gasteiger partial charge on any atom is 0.223 e. The van der Waals surface area contributed by atoms with E-state index in [9.17, 15) is 4.79 Å². The third-order valence-electron chi connectivity index (χ3n) is 4.27. The van der Waals surface area contributed by atoms with Gasteiger partial charge >= 0.3 is 0 Å². The van der Waals surface area contributed by atoms with Gasteiger partial charge in [-0.3, -0.25) is 4.79 Å². The van der Waals surface area contributed by atoms with Gasteiger partial charge in [-0.1, -0.05) is 12.8 Å². The minimum atomic E-state index is 0.229. The number of rotatable bonds is 5. The number of nitrogens with one attached hydrogen (secondary N) is 1. The van der Waals surface area contributed by atoms with Crippen LogP contribution in [-0.2, 0) is 4.79 Å². The molecule has 2 unspecified atom stereocenters. The second-order valence-corrected chi connectivity index (χ2v) is 5.95. The third kappa shape index (κ3) is 3.98. The quantitative estimate of drug-likeness (QED) is 0.795. The van der Waals surface area contributed by atoms with Crippen LogP contribution in [0.25, 0.3) is 0 Å². The lowest BCUT2D eigenvalue weighted by molar-refractivity contribution is -0.128. The van der Waals surface area contributed by atoms with Crippen molar-refractivity contribution >= 4 is 5.91 Å². The molecule has 2 saturated carbocycles. The number of amides is 1. The first kappa shape index (κ1) is 12.9. The molecule has 0 aromatic carbocycles. The highest BCUT2D eigenvalue weighted by molar-refractivity contribution is 5.75. The Labute approximate surface area is 105 Å². The normalized spacial score (nSPS) is 29.1. The van der Waals surface area contributed by atoms with Crippen molar-refractivity contribution in [3.05, 3.63) is 0 Å². The lowest BCUT2D eigenvalue weighted by atomic mass is 9.83. The van der Waals surface area contributed by atoms with Gasteiger partial charge in [0.2, 0.25) is 5.91 Å². The fourth-order valence-electron chi connectivity index (χ4n) is 3.02. The van der Waals surface area contributed by atoms with Crippen molar-refractivity contribution in [1.82, 2.24) is 10.2 Å². The van der Waals surface area contributed by atoms with Crippen LogP contribution >= 0.6 is 0 Å². The molecule has 2 aliphatic rings. The van der Waals surface area contributed by atoms with Gasteiger partial charge in [-0.2, -0.15) is 0 Å². The Kier molecular flexibility index (Phi) is 4.43. The van der Waals surface area contributed by atoms with Gasteiger partial charge in [0.25, 0.3) is 0 Å². The summed E-state index contributed by atoms with van der Waals surface area (Å²) in [6.45, 7) is 0.846. The van der Waals surface area contributed by atoms with Crippen LogP contribution in [0.5, 0.6) is 0 Å². The summed E-state index contributed by atoms with van der Waals surface area (Å²) < 4.78 is 0. The van der Waals surface area contributed by atoms with Crippen molar-refractivity contribution in [3.8, 4) is 0 Å². The van der Waals surface area contributed by atoms with Crippen LogP contribution in [0.4, 0.5) is 0 Å². The fraction of sp³-hybridized carbons (Fsp3) is 0.929. The zero-order valence-corrected chi connectivity index (χ0v) is 11.2. The minimum absolute atomic E-state index is 0.229. The van der Waals surface area contributed by atoms with E-state index in [4.69, 9.17) is 0 Å². The maximum atomic E-state index is 11.5. The van der Waals surface area contributed by atoms with Crippen LogP contribution in [0, 0.1) is 11.8 Å². The van der Waals surface area contributed by atoms with Crippen molar-refractivity contribution in [3.63, 3.8) is 0 Å². The zero-order valence-electron chi connectivity index (χ0n) is 11.2. The first-order chi connectivity index (χ1) is 8.16. The molecule has 0 saturated heterocycles. The molecular formula is C14H26N2O. The molecule has 0 heterocycles. The summed E-state index contributed by atoms with van der Waals surface area (Å²) in [5, 5.41) is 3.57. The Morgan fingerprint density at radius 1 is 1.18 bits per heavy atom.